The minimum atomic E-state index is -3.40. The second kappa shape index (κ2) is 5.19. The average Bonchev–Trinajstić information content (AvgIpc) is 3.13. The minimum Gasteiger partial charge on any atom is -0.398 e. The molecule has 2 rings (SSSR count). The Hall–Kier alpha value is -0.590. The molecule has 0 saturated heterocycles. The highest BCUT2D eigenvalue weighted by molar-refractivity contribution is 9.10. The van der Waals surface area contributed by atoms with Gasteiger partial charge in [0.05, 0.1) is 4.90 Å². The zero-order valence-electron chi connectivity index (χ0n) is 10.3. The minimum absolute atomic E-state index is 0.297. The third kappa shape index (κ3) is 2.87. The van der Waals surface area contributed by atoms with Gasteiger partial charge in [0.25, 0.3) is 0 Å². The van der Waals surface area contributed by atoms with Gasteiger partial charge >= 0.3 is 0 Å². The first kappa shape index (κ1) is 13.8. The first-order valence-corrected chi connectivity index (χ1v) is 8.23. The van der Waals surface area contributed by atoms with Crippen LogP contribution in [0.1, 0.15) is 19.8 Å². The van der Waals surface area contributed by atoms with Crippen LogP contribution in [0.5, 0.6) is 0 Å². The van der Waals surface area contributed by atoms with Gasteiger partial charge in [-0.3, -0.25) is 0 Å². The van der Waals surface area contributed by atoms with Crippen LogP contribution in [0.2, 0.25) is 0 Å². The van der Waals surface area contributed by atoms with Gasteiger partial charge in [-0.1, -0.05) is 6.92 Å². The highest BCUT2D eigenvalue weighted by Gasteiger charge is 2.30. The van der Waals surface area contributed by atoms with Gasteiger partial charge < -0.3 is 5.73 Å². The van der Waals surface area contributed by atoms with Crippen molar-refractivity contribution in [2.45, 2.75) is 24.7 Å². The second-order valence-electron chi connectivity index (χ2n) is 4.58. The molecular formula is C12H17BrN2O2S. The van der Waals surface area contributed by atoms with Crippen LogP contribution in [0.15, 0.2) is 27.6 Å². The summed E-state index contributed by atoms with van der Waals surface area (Å²) in [6.45, 7) is 2.99. The lowest BCUT2D eigenvalue weighted by molar-refractivity contribution is 0.412. The van der Waals surface area contributed by atoms with Crippen molar-refractivity contribution in [1.29, 1.82) is 0 Å². The van der Waals surface area contributed by atoms with Gasteiger partial charge in [0.15, 0.2) is 0 Å². The fraction of sp³-hybridized carbons (Fsp3) is 0.500. The number of nitrogens with two attached hydrogens (primary N) is 1. The quantitative estimate of drug-likeness (QED) is 0.842. The Morgan fingerprint density at radius 3 is 2.61 bits per heavy atom. The summed E-state index contributed by atoms with van der Waals surface area (Å²) in [6, 6.07) is 4.74. The fourth-order valence-electron chi connectivity index (χ4n) is 1.80. The number of sulfonamides is 1. The maximum Gasteiger partial charge on any atom is 0.243 e. The molecule has 4 nitrogen and oxygen atoms in total. The van der Waals surface area contributed by atoms with E-state index in [4.69, 9.17) is 5.73 Å². The predicted molar refractivity (Wildman–Crippen MR) is 75.7 cm³/mol. The molecule has 0 aliphatic heterocycles. The fourth-order valence-corrected chi connectivity index (χ4v) is 3.89. The monoisotopic (exact) mass is 332 g/mol. The Kier molecular flexibility index (Phi) is 3.99. The van der Waals surface area contributed by atoms with Gasteiger partial charge in [-0.2, -0.15) is 4.31 Å². The molecule has 0 atom stereocenters. The van der Waals surface area contributed by atoms with Crippen LogP contribution >= 0.6 is 15.9 Å². The molecule has 0 bridgehead atoms. The van der Waals surface area contributed by atoms with E-state index in [2.05, 4.69) is 15.9 Å². The number of hydrogen-bond donors (Lipinski definition) is 1. The Balaban J connectivity index is 2.29. The van der Waals surface area contributed by atoms with Crippen molar-refractivity contribution >= 4 is 31.6 Å². The molecule has 1 aromatic carbocycles. The molecule has 1 aliphatic rings. The highest BCUT2D eigenvalue weighted by atomic mass is 79.9. The number of halogens is 1. The van der Waals surface area contributed by atoms with Crippen LogP contribution in [-0.2, 0) is 10.0 Å². The summed E-state index contributed by atoms with van der Waals surface area (Å²) in [4.78, 5) is 0.297. The van der Waals surface area contributed by atoms with Crippen LogP contribution in [0.3, 0.4) is 0 Å². The second-order valence-corrected chi connectivity index (χ2v) is 7.37. The zero-order valence-corrected chi connectivity index (χ0v) is 12.7. The molecule has 100 valence electrons. The van der Waals surface area contributed by atoms with Crippen molar-refractivity contribution in [2.75, 3.05) is 18.8 Å². The number of nitrogens with zero attached hydrogens (tertiary/aromatic N) is 1. The van der Waals surface area contributed by atoms with Crippen molar-refractivity contribution in [3.63, 3.8) is 0 Å². The zero-order chi connectivity index (χ0) is 13.3. The van der Waals surface area contributed by atoms with E-state index in [1.165, 1.54) is 0 Å². The molecule has 0 aromatic heterocycles. The summed E-state index contributed by atoms with van der Waals surface area (Å²) >= 11 is 3.26. The maximum absolute atomic E-state index is 12.5. The normalized spacial score (nSPS) is 16.2. The van der Waals surface area contributed by atoms with E-state index >= 15 is 0 Å². The van der Waals surface area contributed by atoms with Crippen LogP contribution in [0, 0.1) is 5.92 Å². The van der Waals surface area contributed by atoms with Crippen LogP contribution in [0.4, 0.5) is 5.69 Å². The van der Waals surface area contributed by atoms with Crippen molar-refractivity contribution in [1.82, 2.24) is 4.31 Å². The van der Waals surface area contributed by atoms with Gasteiger partial charge in [-0.25, -0.2) is 8.42 Å². The molecule has 0 radical (unpaired) electrons. The smallest absolute Gasteiger partial charge is 0.243 e. The lowest BCUT2D eigenvalue weighted by Crippen LogP contribution is -2.32. The number of nitrogen functional groups attached to an aromatic ring is 1. The number of hydrogen-bond acceptors (Lipinski definition) is 3. The number of anilines is 1. The Labute approximate surface area is 116 Å². The van der Waals surface area contributed by atoms with Crippen LogP contribution in [0.25, 0.3) is 0 Å². The predicted octanol–water partition coefficient (Wildman–Crippen LogP) is 2.45. The van der Waals surface area contributed by atoms with E-state index in [1.54, 1.807) is 22.5 Å². The van der Waals surface area contributed by atoms with E-state index in [0.29, 0.717) is 34.1 Å². The largest absolute Gasteiger partial charge is 0.398 e. The SMILES string of the molecule is CCN(CC1CC1)S(=O)(=O)c1ccc(N)c(Br)c1. The Bertz CT molecular complexity index is 541. The molecule has 0 amide bonds. The van der Waals surface area contributed by atoms with E-state index in [1.807, 2.05) is 6.92 Å². The van der Waals surface area contributed by atoms with E-state index in [0.717, 1.165) is 12.8 Å². The molecule has 2 N–H and O–H groups in total. The molecule has 6 heteroatoms. The Morgan fingerprint density at radius 1 is 1.44 bits per heavy atom. The third-order valence-corrected chi connectivity index (χ3v) is 5.74. The van der Waals surface area contributed by atoms with Crippen LogP contribution in [-0.4, -0.2) is 25.8 Å². The van der Waals surface area contributed by atoms with Gasteiger partial charge in [0.2, 0.25) is 10.0 Å². The van der Waals surface area contributed by atoms with E-state index < -0.39 is 10.0 Å². The van der Waals surface area contributed by atoms with Crippen molar-refractivity contribution in [2.24, 2.45) is 5.92 Å². The lowest BCUT2D eigenvalue weighted by Gasteiger charge is -2.20. The summed E-state index contributed by atoms with van der Waals surface area (Å²) in [5, 5.41) is 0. The van der Waals surface area contributed by atoms with Gasteiger partial charge in [0.1, 0.15) is 0 Å². The van der Waals surface area contributed by atoms with Gasteiger partial charge in [0, 0.05) is 23.2 Å². The summed E-state index contributed by atoms with van der Waals surface area (Å²) in [7, 11) is -3.40. The van der Waals surface area contributed by atoms with E-state index in [9.17, 15) is 8.42 Å². The standard InChI is InChI=1S/C12H17BrN2O2S/c1-2-15(8-9-3-4-9)18(16,17)10-5-6-12(14)11(13)7-10/h5-7,9H,2-4,8,14H2,1H3. The summed E-state index contributed by atoms with van der Waals surface area (Å²) < 4.78 is 27.1. The molecule has 0 spiro atoms. The summed E-state index contributed by atoms with van der Waals surface area (Å²) in [5.41, 5.74) is 6.22. The van der Waals surface area contributed by atoms with E-state index in [-0.39, 0.29) is 0 Å². The van der Waals surface area contributed by atoms with Crippen molar-refractivity contribution < 1.29 is 8.42 Å². The Morgan fingerprint density at radius 2 is 2.11 bits per heavy atom. The molecule has 1 aliphatic carbocycles. The third-order valence-electron chi connectivity index (χ3n) is 3.12. The van der Waals surface area contributed by atoms with Crippen molar-refractivity contribution in [3.05, 3.63) is 22.7 Å². The summed E-state index contributed by atoms with van der Waals surface area (Å²) in [5.74, 6) is 0.539. The maximum atomic E-state index is 12.5. The topological polar surface area (TPSA) is 63.4 Å². The first-order valence-electron chi connectivity index (χ1n) is 6.00. The highest BCUT2D eigenvalue weighted by Crippen LogP contribution is 2.32. The molecule has 18 heavy (non-hydrogen) atoms. The number of rotatable bonds is 5. The molecular weight excluding hydrogens is 316 g/mol. The number of benzene rings is 1. The molecule has 1 fully saturated rings. The molecule has 0 unspecified atom stereocenters. The molecule has 1 aromatic rings. The van der Waals surface area contributed by atoms with Gasteiger partial charge in [-0.05, 0) is 52.9 Å². The summed E-state index contributed by atoms with van der Waals surface area (Å²) in [6.07, 6.45) is 2.27. The molecule has 1 saturated carbocycles. The van der Waals surface area contributed by atoms with Gasteiger partial charge in [-0.15, -0.1) is 0 Å². The first-order chi connectivity index (χ1) is 8.45. The van der Waals surface area contributed by atoms with Crippen LogP contribution < -0.4 is 5.73 Å². The van der Waals surface area contributed by atoms with Crippen molar-refractivity contribution in [3.8, 4) is 0 Å². The molecule has 0 heterocycles. The average molecular weight is 333 g/mol. The lowest BCUT2D eigenvalue weighted by atomic mass is 10.3.